The first kappa shape index (κ1) is 28.7. The first-order valence-corrected chi connectivity index (χ1v) is 13.5. The molecule has 2 aliphatic heterocycles. The Hall–Kier alpha value is -4.28. The molecule has 2 N–H and O–H groups in total. The summed E-state index contributed by atoms with van der Waals surface area (Å²) < 4.78 is 5.44. The second-order valence-electron chi connectivity index (χ2n) is 11.0. The van der Waals surface area contributed by atoms with Crippen LogP contribution in [0.2, 0.25) is 0 Å². The van der Waals surface area contributed by atoms with Crippen LogP contribution in [0.5, 0.6) is 0 Å². The summed E-state index contributed by atoms with van der Waals surface area (Å²) in [5.41, 5.74) is 1.78. The summed E-state index contributed by atoms with van der Waals surface area (Å²) in [4.78, 5) is 52.7. The van der Waals surface area contributed by atoms with Crippen LogP contribution in [0, 0.1) is 0 Å². The third kappa shape index (κ3) is 7.43. The van der Waals surface area contributed by atoms with E-state index in [1.165, 1.54) is 11.8 Å². The molecule has 0 radical (unpaired) electrons. The second-order valence-corrected chi connectivity index (χ2v) is 11.0. The van der Waals surface area contributed by atoms with E-state index in [9.17, 15) is 19.2 Å². The normalized spacial score (nSPS) is 19.1. The maximum atomic E-state index is 12.9. The molecular weight excluding hydrogens is 512 g/mol. The number of amides is 4. The van der Waals surface area contributed by atoms with Gasteiger partial charge in [-0.25, -0.2) is 4.79 Å². The molecule has 0 aliphatic carbocycles. The Kier molecular flexibility index (Phi) is 8.81. The maximum Gasteiger partial charge on any atom is 0.410 e. The van der Waals surface area contributed by atoms with E-state index >= 15 is 0 Å². The van der Waals surface area contributed by atoms with Crippen LogP contribution >= 0.6 is 0 Å². The monoisotopic (exact) mass is 548 g/mol. The van der Waals surface area contributed by atoms with Crippen LogP contribution in [-0.2, 0) is 19.1 Å². The number of likely N-dealkylation sites (tertiary alicyclic amines) is 2. The molecule has 2 aliphatic rings. The van der Waals surface area contributed by atoms with Crippen LogP contribution < -0.4 is 10.6 Å². The van der Waals surface area contributed by atoms with Gasteiger partial charge in [0.15, 0.2) is 0 Å². The third-order valence-electron chi connectivity index (χ3n) is 6.69. The van der Waals surface area contributed by atoms with Crippen molar-refractivity contribution in [3.8, 4) is 0 Å². The topological polar surface area (TPSA) is 133 Å². The second kappa shape index (κ2) is 12.3. The van der Waals surface area contributed by atoms with Gasteiger partial charge in [-0.3, -0.25) is 19.3 Å². The smallest absolute Gasteiger partial charge is 0.410 e. The maximum absolute atomic E-state index is 12.9. The molecule has 212 valence electrons. The van der Waals surface area contributed by atoms with Gasteiger partial charge in [0.05, 0.1) is 11.4 Å². The highest BCUT2D eigenvalue weighted by Crippen LogP contribution is 2.25. The fourth-order valence-corrected chi connectivity index (χ4v) is 4.78. The van der Waals surface area contributed by atoms with E-state index in [-0.39, 0.29) is 17.7 Å². The predicted octanol–water partition coefficient (Wildman–Crippen LogP) is 5.39. The molecule has 2 fully saturated rings. The van der Waals surface area contributed by atoms with Gasteiger partial charge in [-0.15, -0.1) is 0 Å². The van der Waals surface area contributed by atoms with E-state index in [1.54, 1.807) is 74.2 Å². The number of hydrogen-bond acceptors (Lipinski definition) is 7. The van der Waals surface area contributed by atoms with Crippen LogP contribution in [0.1, 0.15) is 53.4 Å². The molecule has 0 spiro atoms. The lowest BCUT2D eigenvalue weighted by molar-refractivity contribution is -0.134. The standard InChI is InChI=1S/C29H36N6O5/c1-19(36)34-17-5-7-24(34)26(37)30-20-9-13-22(14-10-20)32-33-23-15-11-21(12-16-23)31-27(38)25-8-6-18-35(25)28(39)40-29(2,3)4/h9-16,24-25H,5-8,17-18H2,1-4H3,(H,30,37)(H,31,38)/b33-32+/t24-,25-/m0/s1. The largest absolute Gasteiger partial charge is 0.444 e. The van der Waals surface area contributed by atoms with Gasteiger partial charge in [0.2, 0.25) is 17.7 Å². The molecule has 0 bridgehead atoms. The fourth-order valence-electron chi connectivity index (χ4n) is 4.78. The van der Waals surface area contributed by atoms with Crippen molar-refractivity contribution in [2.75, 3.05) is 23.7 Å². The quantitative estimate of drug-likeness (QED) is 0.467. The average molecular weight is 549 g/mol. The SMILES string of the molecule is CC(=O)N1CCC[C@H]1C(=O)Nc1ccc(/N=N/c2ccc(NC(=O)[C@@H]3CCCN3C(=O)OC(C)(C)C)cc2)cc1. The zero-order chi connectivity index (χ0) is 28.9. The van der Waals surface area contributed by atoms with Gasteiger partial charge in [0.1, 0.15) is 17.7 Å². The number of rotatable bonds is 6. The zero-order valence-corrected chi connectivity index (χ0v) is 23.3. The summed E-state index contributed by atoms with van der Waals surface area (Å²) in [6.07, 6.45) is 2.31. The van der Waals surface area contributed by atoms with Crippen LogP contribution in [0.3, 0.4) is 0 Å². The fraction of sp³-hybridized carbons (Fsp3) is 0.448. The van der Waals surface area contributed by atoms with Crippen molar-refractivity contribution >= 4 is 46.6 Å². The summed E-state index contributed by atoms with van der Waals surface area (Å²) >= 11 is 0. The Balaban J connectivity index is 1.29. The Bertz CT molecular complexity index is 1270. The number of ether oxygens (including phenoxy) is 1. The molecule has 11 heteroatoms. The molecule has 2 saturated heterocycles. The van der Waals surface area contributed by atoms with Crippen molar-refractivity contribution in [3.05, 3.63) is 48.5 Å². The molecule has 2 aromatic carbocycles. The molecule has 0 saturated carbocycles. The number of hydrogen-bond donors (Lipinski definition) is 2. The Labute approximate surface area is 234 Å². The van der Waals surface area contributed by atoms with Gasteiger partial charge in [0.25, 0.3) is 0 Å². The van der Waals surface area contributed by atoms with Crippen LogP contribution in [0.25, 0.3) is 0 Å². The minimum Gasteiger partial charge on any atom is -0.444 e. The Morgan fingerprint density at radius 2 is 1.18 bits per heavy atom. The predicted molar refractivity (Wildman–Crippen MR) is 151 cm³/mol. The first-order valence-electron chi connectivity index (χ1n) is 13.5. The van der Waals surface area contributed by atoms with E-state index in [4.69, 9.17) is 4.74 Å². The molecule has 0 unspecified atom stereocenters. The molecular formula is C29H36N6O5. The van der Waals surface area contributed by atoms with Gasteiger partial charge in [-0.05, 0) is 95.0 Å². The number of carbonyl (C=O) groups excluding carboxylic acids is 4. The van der Waals surface area contributed by atoms with Gasteiger partial charge in [-0.1, -0.05) is 0 Å². The van der Waals surface area contributed by atoms with E-state index in [0.29, 0.717) is 48.7 Å². The molecule has 2 aromatic rings. The summed E-state index contributed by atoms with van der Waals surface area (Å²) in [5, 5.41) is 14.2. The number of carbonyl (C=O) groups is 4. The van der Waals surface area contributed by atoms with Gasteiger partial charge in [0, 0.05) is 31.4 Å². The summed E-state index contributed by atoms with van der Waals surface area (Å²) in [6, 6.07) is 12.9. The highest BCUT2D eigenvalue weighted by molar-refractivity contribution is 5.98. The van der Waals surface area contributed by atoms with Gasteiger partial charge >= 0.3 is 6.09 Å². The van der Waals surface area contributed by atoms with Crippen LogP contribution in [0.4, 0.5) is 27.5 Å². The highest BCUT2D eigenvalue weighted by Gasteiger charge is 2.36. The molecule has 4 rings (SSSR count). The van der Waals surface area contributed by atoms with Crippen molar-refractivity contribution < 1.29 is 23.9 Å². The first-order chi connectivity index (χ1) is 19.0. The summed E-state index contributed by atoms with van der Waals surface area (Å²) in [7, 11) is 0. The minimum absolute atomic E-state index is 0.0949. The Morgan fingerprint density at radius 1 is 0.750 bits per heavy atom. The van der Waals surface area contributed by atoms with Crippen molar-refractivity contribution in [1.82, 2.24) is 9.80 Å². The third-order valence-corrected chi connectivity index (χ3v) is 6.69. The highest BCUT2D eigenvalue weighted by atomic mass is 16.6. The number of anilines is 2. The van der Waals surface area contributed by atoms with Gasteiger partial charge in [-0.2, -0.15) is 10.2 Å². The molecule has 2 atom stereocenters. The lowest BCUT2D eigenvalue weighted by atomic mass is 10.2. The number of nitrogens with one attached hydrogen (secondary N) is 2. The molecule has 4 amide bonds. The van der Waals surface area contributed by atoms with Crippen LogP contribution in [0.15, 0.2) is 58.8 Å². The molecule has 0 aromatic heterocycles. The van der Waals surface area contributed by atoms with E-state index < -0.39 is 23.8 Å². The van der Waals surface area contributed by atoms with Crippen molar-refractivity contribution in [3.63, 3.8) is 0 Å². The lowest BCUT2D eigenvalue weighted by Gasteiger charge is -2.28. The van der Waals surface area contributed by atoms with E-state index in [0.717, 1.165) is 12.8 Å². The van der Waals surface area contributed by atoms with Crippen molar-refractivity contribution in [2.24, 2.45) is 10.2 Å². The molecule has 11 nitrogen and oxygen atoms in total. The average Bonchev–Trinajstić information content (AvgIpc) is 3.59. The summed E-state index contributed by atoms with van der Waals surface area (Å²) in [5.74, 6) is -0.547. The number of benzene rings is 2. The number of nitrogens with zero attached hydrogens (tertiary/aromatic N) is 4. The van der Waals surface area contributed by atoms with Crippen LogP contribution in [-0.4, -0.2) is 64.4 Å². The van der Waals surface area contributed by atoms with E-state index in [1.807, 2.05) is 0 Å². The van der Waals surface area contributed by atoms with E-state index in [2.05, 4.69) is 20.9 Å². The number of azo groups is 1. The van der Waals surface area contributed by atoms with Crippen molar-refractivity contribution in [1.29, 1.82) is 0 Å². The molecule has 2 heterocycles. The zero-order valence-electron chi connectivity index (χ0n) is 23.3. The summed E-state index contributed by atoms with van der Waals surface area (Å²) in [6.45, 7) is 7.96. The van der Waals surface area contributed by atoms with Crippen molar-refractivity contribution in [2.45, 2.75) is 71.1 Å². The van der Waals surface area contributed by atoms with Gasteiger partial charge < -0.3 is 20.3 Å². The Morgan fingerprint density at radius 3 is 1.60 bits per heavy atom. The minimum atomic E-state index is -0.627. The molecule has 40 heavy (non-hydrogen) atoms. The lowest BCUT2D eigenvalue weighted by Crippen LogP contribution is -2.45.